The average molecular weight is 332 g/mol. The van der Waals surface area contributed by atoms with Gasteiger partial charge in [-0.2, -0.15) is 0 Å². The van der Waals surface area contributed by atoms with Crippen molar-refractivity contribution in [2.75, 3.05) is 0 Å². The van der Waals surface area contributed by atoms with Crippen LogP contribution in [0.25, 0.3) is 10.9 Å². The second-order valence-electron chi connectivity index (χ2n) is 4.53. The third kappa shape index (κ3) is 2.44. The zero-order valence-electron chi connectivity index (χ0n) is 10.4. The molecule has 0 amide bonds. The van der Waals surface area contributed by atoms with E-state index in [1.807, 2.05) is 24.3 Å². The maximum absolute atomic E-state index is 13.5. The summed E-state index contributed by atoms with van der Waals surface area (Å²) in [4.78, 5) is 4.23. The van der Waals surface area contributed by atoms with Crippen molar-refractivity contribution < 1.29 is 9.50 Å². The van der Waals surface area contributed by atoms with Gasteiger partial charge in [0.05, 0.1) is 9.99 Å². The van der Waals surface area contributed by atoms with Crippen LogP contribution in [0.4, 0.5) is 4.39 Å². The van der Waals surface area contributed by atoms with E-state index in [9.17, 15) is 9.50 Å². The highest BCUT2D eigenvalue weighted by atomic mass is 79.9. The van der Waals surface area contributed by atoms with Crippen molar-refractivity contribution in [3.05, 3.63) is 76.1 Å². The summed E-state index contributed by atoms with van der Waals surface area (Å²) >= 11 is 3.10. The molecule has 0 fully saturated rings. The number of hydrogen-bond donors (Lipinski definition) is 1. The zero-order valence-corrected chi connectivity index (χ0v) is 12.0. The molecule has 1 N–H and O–H groups in total. The Morgan fingerprint density at radius 1 is 1.05 bits per heavy atom. The molecule has 1 atom stereocenters. The van der Waals surface area contributed by atoms with Crippen LogP contribution in [0.3, 0.4) is 0 Å². The molecule has 0 spiro atoms. The van der Waals surface area contributed by atoms with Crippen molar-refractivity contribution in [3.63, 3.8) is 0 Å². The predicted molar refractivity (Wildman–Crippen MR) is 79.9 cm³/mol. The second-order valence-corrected chi connectivity index (χ2v) is 5.39. The molecule has 1 unspecified atom stereocenters. The molecule has 1 heterocycles. The van der Waals surface area contributed by atoms with Crippen LogP contribution in [-0.4, -0.2) is 10.1 Å². The van der Waals surface area contributed by atoms with Crippen LogP contribution in [0.15, 0.2) is 59.2 Å². The summed E-state index contributed by atoms with van der Waals surface area (Å²) in [6, 6.07) is 13.9. The van der Waals surface area contributed by atoms with E-state index in [0.717, 1.165) is 10.9 Å². The maximum atomic E-state index is 13.5. The Morgan fingerprint density at radius 3 is 2.60 bits per heavy atom. The molecule has 2 aromatic carbocycles. The Kier molecular flexibility index (Phi) is 3.51. The molecule has 2 nitrogen and oxygen atoms in total. The number of halogens is 2. The summed E-state index contributed by atoms with van der Waals surface area (Å²) in [6.45, 7) is 0. The highest BCUT2D eigenvalue weighted by Gasteiger charge is 2.13. The van der Waals surface area contributed by atoms with Crippen LogP contribution in [0, 0.1) is 5.82 Å². The maximum Gasteiger partial charge on any atom is 0.137 e. The van der Waals surface area contributed by atoms with Crippen molar-refractivity contribution in [1.29, 1.82) is 0 Å². The highest BCUT2D eigenvalue weighted by Crippen LogP contribution is 2.27. The lowest BCUT2D eigenvalue weighted by Gasteiger charge is -2.12. The first-order valence-electron chi connectivity index (χ1n) is 6.13. The van der Waals surface area contributed by atoms with E-state index in [1.165, 1.54) is 6.07 Å². The van der Waals surface area contributed by atoms with Crippen LogP contribution in [0.1, 0.15) is 17.2 Å². The van der Waals surface area contributed by atoms with Crippen molar-refractivity contribution in [3.8, 4) is 0 Å². The Morgan fingerprint density at radius 2 is 1.80 bits per heavy atom. The molecule has 0 bridgehead atoms. The number of benzene rings is 2. The van der Waals surface area contributed by atoms with Crippen LogP contribution in [0.5, 0.6) is 0 Å². The van der Waals surface area contributed by atoms with Crippen LogP contribution >= 0.6 is 15.9 Å². The first-order chi connectivity index (χ1) is 9.65. The Balaban J connectivity index is 2.02. The summed E-state index contributed by atoms with van der Waals surface area (Å²) < 4.78 is 13.9. The largest absolute Gasteiger partial charge is 0.384 e. The van der Waals surface area contributed by atoms with Gasteiger partial charge in [-0.15, -0.1) is 0 Å². The molecule has 1 aromatic heterocycles. The fourth-order valence-corrected chi connectivity index (χ4v) is 2.39. The second kappa shape index (κ2) is 5.31. The van der Waals surface area contributed by atoms with E-state index in [-0.39, 0.29) is 5.82 Å². The van der Waals surface area contributed by atoms with Gasteiger partial charge in [0.2, 0.25) is 0 Å². The zero-order chi connectivity index (χ0) is 14.1. The van der Waals surface area contributed by atoms with Gasteiger partial charge in [-0.05, 0) is 57.4 Å². The first kappa shape index (κ1) is 13.2. The van der Waals surface area contributed by atoms with Gasteiger partial charge in [0.25, 0.3) is 0 Å². The molecule has 20 heavy (non-hydrogen) atoms. The molecule has 0 saturated heterocycles. The number of fused-ring (bicyclic) bond motifs is 1. The Labute approximate surface area is 124 Å². The number of aliphatic hydroxyl groups excluding tert-OH is 1. The summed E-state index contributed by atoms with van der Waals surface area (Å²) in [7, 11) is 0. The standard InChI is InChI=1S/C16H11BrFNO/c17-13-5-3-12(9-14(13)18)16(20)11-4-6-15-10(8-11)2-1-7-19-15/h1-9,16,20H. The van der Waals surface area contributed by atoms with E-state index in [4.69, 9.17) is 0 Å². The molecular formula is C16H11BrFNO. The molecule has 3 rings (SSSR count). The smallest absolute Gasteiger partial charge is 0.137 e. The van der Waals surface area contributed by atoms with Crippen LogP contribution < -0.4 is 0 Å². The lowest BCUT2D eigenvalue weighted by Crippen LogP contribution is -2.00. The molecule has 3 aromatic rings. The highest BCUT2D eigenvalue weighted by molar-refractivity contribution is 9.10. The van der Waals surface area contributed by atoms with Gasteiger partial charge in [0.15, 0.2) is 0 Å². The molecule has 0 aliphatic rings. The molecular weight excluding hydrogens is 321 g/mol. The summed E-state index contributed by atoms with van der Waals surface area (Å²) in [6.07, 6.45) is 0.866. The van der Waals surface area contributed by atoms with Crippen molar-refractivity contribution in [2.45, 2.75) is 6.10 Å². The number of nitrogens with zero attached hydrogens (tertiary/aromatic N) is 1. The van der Waals surface area contributed by atoms with E-state index >= 15 is 0 Å². The topological polar surface area (TPSA) is 33.1 Å². The van der Waals surface area contributed by atoms with E-state index in [0.29, 0.717) is 15.6 Å². The minimum Gasteiger partial charge on any atom is -0.384 e. The van der Waals surface area contributed by atoms with Gasteiger partial charge in [-0.1, -0.05) is 18.2 Å². The third-order valence-electron chi connectivity index (χ3n) is 3.20. The summed E-state index contributed by atoms with van der Waals surface area (Å²) in [5, 5.41) is 11.3. The molecule has 0 radical (unpaired) electrons. The van der Waals surface area contributed by atoms with E-state index < -0.39 is 6.10 Å². The first-order valence-corrected chi connectivity index (χ1v) is 6.92. The fourth-order valence-electron chi connectivity index (χ4n) is 2.14. The van der Waals surface area contributed by atoms with Crippen molar-refractivity contribution >= 4 is 26.8 Å². The van der Waals surface area contributed by atoms with Gasteiger partial charge >= 0.3 is 0 Å². The minimum absolute atomic E-state index is 0.385. The molecule has 4 heteroatoms. The van der Waals surface area contributed by atoms with Gasteiger partial charge < -0.3 is 5.11 Å². The van der Waals surface area contributed by atoms with Gasteiger partial charge in [-0.25, -0.2) is 4.39 Å². The molecule has 100 valence electrons. The minimum atomic E-state index is -0.859. The normalized spacial score (nSPS) is 12.6. The summed E-state index contributed by atoms with van der Waals surface area (Å²) in [5.41, 5.74) is 2.10. The Bertz CT molecular complexity index is 775. The number of aliphatic hydroxyl groups is 1. The summed E-state index contributed by atoms with van der Waals surface area (Å²) in [5.74, 6) is -0.385. The molecule has 0 aliphatic carbocycles. The number of hydrogen-bond acceptors (Lipinski definition) is 2. The monoisotopic (exact) mass is 331 g/mol. The molecule has 0 saturated carbocycles. The van der Waals surface area contributed by atoms with E-state index in [1.54, 1.807) is 24.4 Å². The number of rotatable bonds is 2. The number of pyridine rings is 1. The SMILES string of the molecule is OC(c1ccc(Br)c(F)c1)c1ccc2ncccc2c1. The van der Waals surface area contributed by atoms with Crippen LogP contribution in [-0.2, 0) is 0 Å². The third-order valence-corrected chi connectivity index (χ3v) is 3.85. The van der Waals surface area contributed by atoms with Gasteiger partial charge in [-0.3, -0.25) is 4.98 Å². The van der Waals surface area contributed by atoms with Gasteiger partial charge in [0, 0.05) is 11.6 Å². The van der Waals surface area contributed by atoms with E-state index in [2.05, 4.69) is 20.9 Å². The van der Waals surface area contributed by atoms with Crippen molar-refractivity contribution in [1.82, 2.24) is 4.98 Å². The lowest BCUT2D eigenvalue weighted by atomic mass is 10.00. The average Bonchev–Trinajstić information content (AvgIpc) is 2.49. The molecule has 0 aliphatic heterocycles. The number of aromatic nitrogens is 1. The van der Waals surface area contributed by atoms with Gasteiger partial charge in [0.1, 0.15) is 11.9 Å². The fraction of sp³-hybridized carbons (Fsp3) is 0.0625. The predicted octanol–water partition coefficient (Wildman–Crippen LogP) is 4.22. The Hall–Kier alpha value is -1.78. The van der Waals surface area contributed by atoms with Crippen LogP contribution in [0.2, 0.25) is 0 Å². The van der Waals surface area contributed by atoms with Crippen molar-refractivity contribution in [2.24, 2.45) is 0 Å². The lowest BCUT2D eigenvalue weighted by molar-refractivity contribution is 0.220. The quantitative estimate of drug-likeness (QED) is 0.762.